The number of carbonyl (C=O) groups excluding carboxylic acids is 2. The van der Waals surface area contributed by atoms with Crippen molar-refractivity contribution in [1.82, 2.24) is 10.7 Å². The predicted octanol–water partition coefficient (Wildman–Crippen LogP) is 3.26. The lowest BCUT2D eigenvalue weighted by Crippen LogP contribution is -2.48. The molecule has 0 saturated heterocycles. The topological polar surface area (TPSA) is 79.8 Å². The Hall–Kier alpha value is -3.30. The van der Waals surface area contributed by atoms with E-state index in [-0.39, 0.29) is 18.4 Å². The quantitative estimate of drug-likeness (QED) is 0.397. The maximum atomic E-state index is 12.5. The minimum atomic E-state index is -0.741. The third-order valence-electron chi connectivity index (χ3n) is 3.93. The summed E-state index contributed by atoms with van der Waals surface area (Å²) in [6.07, 6.45) is 6.65. The van der Waals surface area contributed by atoms with Crippen molar-refractivity contribution in [2.45, 2.75) is 19.9 Å². The number of nitrogens with zero attached hydrogens (tertiary/aromatic N) is 1. The van der Waals surface area contributed by atoms with Crippen LogP contribution in [-0.4, -0.2) is 30.7 Å². The second-order valence-corrected chi connectivity index (χ2v) is 6.93. The second kappa shape index (κ2) is 10.9. The van der Waals surface area contributed by atoms with Crippen LogP contribution in [0.25, 0.3) is 0 Å². The molecule has 0 heterocycles. The summed E-state index contributed by atoms with van der Waals surface area (Å²) in [5.41, 5.74) is 3.65. The van der Waals surface area contributed by atoms with E-state index in [1.54, 1.807) is 48.5 Å². The van der Waals surface area contributed by atoms with Crippen LogP contribution in [0.5, 0.6) is 5.75 Å². The number of halogens is 1. The van der Waals surface area contributed by atoms with Crippen molar-refractivity contribution in [2.75, 3.05) is 6.61 Å². The van der Waals surface area contributed by atoms with Crippen LogP contribution in [0.15, 0.2) is 53.6 Å². The average Bonchev–Trinajstić information content (AvgIpc) is 2.71. The molecule has 0 spiro atoms. The molecular weight excluding hydrogens is 390 g/mol. The highest BCUT2D eigenvalue weighted by molar-refractivity contribution is 6.30. The van der Waals surface area contributed by atoms with Gasteiger partial charge in [-0.2, -0.15) is 5.10 Å². The fourth-order valence-corrected chi connectivity index (χ4v) is 2.50. The summed E-state index contributed by atoms with van der Waals surface area (Å²) >= 11 is 5.84. The number of amides is 2. The summed E-state index contributed by atoms with van der Waals surface area (Å²) < 4.78 is 5.29. The molecule has 1 unspecified atom stereocenters. The van der Waals surface area contributed by atoms with Crippen LogP contribution in [0.1, 0.15) is 29.8 Å². The van der Waals surface area contributed by atoms with Gasteiger partial charge in [0.2, 0.25) is 0 Å². The minimum absolute atomic E-state index is 0.131. The van der Waals surface area contributed by atoms with Gasteiger partial charge in [-0.05, 0) is 60.0 Å². The Morgan fingerprint density at radius 3 is 2.41 bits per heavy atom. The highest BCUT2D eigenvalue weighted by Crippen LogP contribution is 2.12. The summed E-state index contributed by atoms with van der Waals surface area (Å²) in [5.74, 6) is 2.14. The molecular formula is C22H22ClN3O3. The molecule has 2 rings (SSSR count). The van der Waals surface area contributed by atoms with Crippen LogP contribution in [0.2, 0.25) is 5.02 Å². The monoisotopic (exact) mass is 411 g/mol. The summed E-state index contributed by atoms with van der Waals surface area (Å²) in [5, 5.41) is 7.22. The zero-order valence-electron chi connectivity index (χ0n) is 16.2. The molecule has 2 aromatic carbocycles. The molecule has 1 atom stereocenters. The SMILES string of the molecule is C#CCOc1ccc(/C=N/NC(=O)C(NC(=O)c2ccc(Cl)cc2)C(C)C)cc1. The number of benzene rings is 2. The molecule has 0 aliphatic carbocycles. The molecule has 2 amide bonds. The Balaban J connectivity index is 1.95. The van der Waals surface area contributed by atoms with Crippen molar-refractivity contribution in [1.29, 1.82) is 0 Å². The Kier molecular flexibility index (Phi) is 8.26. The maximum absolute atomic E-state index is 12.5. The fraction of sp³-hybridized carbons (Fsp3) is 0.227. The molecule has 29 heavy (non-hydrogen) atoms. The lowest BCUT2D eigenvalue weighted by atomic mass is 10.0. The Morgan fingerprint density at radius 2 is 1.83 bits per heavy atom. The highest BCUT2D eigenvalue weighted by Gasteiger charge is 2.24. The molecule has 0 aromatic heterocycles. The van der Waals surface area contributed by atoms with Crippen LogP contribution in [0, 0.1) is 18.3 Å². The molecule has 0 fully saturated rings. The molecule has 0 bridgehead atoms. The average molecular weight is 412 g/mol. The smallest absolute Gasteiger partial charge is 0.262 e. The highest BCUT2D eigenvalue weighted by atomic mass is 35.5. The molecule has 0 aliphatic rings. The van der Waals surface area contributed by atoms with Crippen molar-refractivity contribution in [3.63, 3.8) is 0 Å². The Labute approximate surface area is 175 Å². The number of nitrogens with one attached hydrogen (secondary N) is 2. The number of terminal acetylenes is 1. The Bertz CT molecular complexity index is 900. The van der Waals surface area contributed by atoms with Crippen molar-refractivity contribution < 1.29 is 14.3 Å². The lowest BCUT2D eigenvalue weighted by Gasteiger charge is -2.20. The van der Waals surface area contributed by atoms with Gasteiger partial charge in [0.15, 0.2) is 0 Å². The number of hydrogen-bond acceptors (Lipinski definition) is 4. The molecule has 150 valence electrons. The van der Waals surface area contributed by atoms with Crippen LogP contribution >= 0.6 is 11.6 Å². The van der Waals surface area contributed by atoms with E-state index in [4.69, 9.17) is 22.8 Å². The summed E-state index contributed by atoms with van der Waals surface area (Å²) in [6.45, 7) is 3.87. The number of ether oxygens (including phenoxy) is 1. The van der Waals surface area contributed by atoms with E-state index >= 15 is 0 Å². The third kappa shape index (κ3) is 6.98. The van der Waals surface area contributed by atoms with Crippen molar-refractivity contribution in [2.24, 2.45) is 11.0 Å². The first kappa shape index (κ1) is 22.0. The van der Waals surface area contributed by atoms with Gasteiger partial charge in [0, 0.05) is 10.6 Å². The lowest BCUT2D eigenvalue weighted by molar-refractivity contribution is -0.123. The van der Waals surface area contributed by atoms with Gasteiger partial charge in [-0.15, -0.1) is 6.42 Å². The standard InChI is InChI=1S/C22H22ClN3O3/c1-4-13-29-19-11-5-16(6-12-19)14-24-26-22(28)20(15(2)3)25-21(27)17-7-9-18(23)10-8-17/h1,5-12,14-15,20H,13H2,2-3H3,(H,25,27)(H,26,28)/b24-14+. The van der Waals surface area contributed by atoms with Gasteiger partial charge in [0.1, 0.15) is 18.4 Å². The minimum Gasteiger partial charge on any atom is -0.481 e. The molecule has 6 nitrogen and oxygen atoms in total. The van der Waals surface area contributed by atoms with Gasteiger partial charge in [-0.3, -0.25) is 9.59 Å². The molecule has 0 saturated carbocycles. The molecule has 0 radical (unpaired) electrons. The van der Waals surface area contributed by atoms with E-state index in [1.807, 2.05) is 13.8 Å². The Morgan fingerprint density at radius 1 is 1.17 bits per heavy atom. The molecule has 2 aromatic rings. The first-order valence-corrected chi connectivity index (χ1v) is 9.34. The molecule has 0 aliphatic heterocycles. The van der Waals surface area contributed by atoms with Gasteiger partial charge in [-0.1, -0.05) is 31.4 Å². The maximum Gasteiger partial charge on any atom is 0.262 e. The first-order valence-electron chi connectivity index (χ1n) is 8.96. The number of carbonyl (C=O) groups is 2. The van der Waals surface area contributed by atoms with E-state index in [9.17, 15) is 9.59 Å². The molecule has 7 heteroatoms. The summed E-state index contributed by atoms with van der Waals surface area (Å²) in [4.78, 5) is 24.8. The number of rotatable bonds is 8. The van der Waals surface area contributed by atoms with Crippen LogP contribution in [-0.2, 0) is 4.79 Å². The zero-order valence-corrected chi connectivity index (χ0v) is 16.9. The first-order chi connectivity index (χ1) is 13.9. The number of hydrazone groups is 1. The van der Waals surface area contributed by atoms with Crippen molar-refractivity contribution in [3.8, 4) is 18.1 Å². The third-order valence-corrected chi connectivity index (χ3v) is 4.18. The van der Waals surface area contributed by atoms with Crippen LogP contribution in [0.4, 0.5) is 0 Å². The van der Waals surface area contributed by atoms with Crippen LogP contribution < -0.4 is 15.5 Å². The summed E-state index contributed by atoms with van der Waals surface area (Å²) in [6, 6.07) is 12.8. The van der Waals surface area contributed by atoms with Gasteiger partial charge >= 0.3 is 0 Å². The normalized spacial score (nSPS) is 11.7. The van der Waals surface area contributed by atoms with Gasteiger partial charge in [0.05, 0.1) is 6.21 Å². The number of hydrogen-bond donors (Lipinski definition) is 2. The van der Waals surface area contributed by atoms with E-state index < -0.39 is 11.9 Å². The van der Waals surface area contributed by atoms with E-state index in [0.717, 1.165) is 5.56 Å². The van der Waals surface area contributed by atoms with E-state index in [1.165, 1.54) is 6.21 Å². The van der Waals surface area contributed by atoms with Gasteiger partial charge < -0.3 is 10.1 Å². The van der Waals surface area contributed by atoms with Crippen LogP contribution in [0.3, 0.4) is 0 Å². The largest absolute Gasteiger partial charge is 0.481 e. The second-order valence-electron chi connectivity index (χ2n) is 6.50. The van der Waals surface area contributed by atoms with Gasteiger partial charge in [0.25, 0.3) is 11.8 Å². The van der Waals surface area contributed by atoms with Crippen molar-refractivity contribution in [3.05, 3.63) is 64.7 Å². The van der Waals surface area contributed by atoms with E-state index in [0.29, 0.717) is 16.3 Å². The van der Waals surface area contributed by atoms with E-state index in [2.05, 4.69) is 21.8 Å². The van der Waals surface area contributed by atoms with Crippen molar-refractivity contribution >= 4 is 29.6 Å². The predicted molar refractivity (Wildman–Crippen MR) is 114 cm³/mol. The zero-order chi connectivity index (χ0) is 21.2. The fourth-order valence-electron chi connectivity index (χ4n) is 2.38. The summed E-state index contributed by atoms with van der Waals surface area (Å²) in [7, 11) is 0. The van der Waals surface area contributed by atoms with Gasteiger partial charge in [-0.25, -0.2) is 5.43 Å². The molecule has 2 N–H and O–H groups in total.